The summed E-state index contributed by atoms with van der Waals surface area (Å²) in [6, 6.07) is 0. The number of hydrogen-bond acceptors (Lipinski definition) is 3. The number of carboxylic acid groups (broad SMARTS) is 1. The summed E-state index contributed by atoms with van der Waals surface area (Å²) in [5.41, 5.74) is 0. The van der Waals surface area contributed by atoms with Gasteiger partial charge in [-0.3, -0.25) is 9.59 Å². The summed E-state index contributed by atoms with van der Waals surface area (Å²) in [6.45, 7) is 5.77. The van der Waals surface area contributed by atoms with Crippen LogP contribution in [0.25, 0.3) is 0 Å². The Morgan fingerprint density at radius 2 is 1.79 bits per heavy atom. The third-order valence-electron chi connectivity index (χ3n) is 2.03. The Labute approximate surface area is 84.3 Å². The molecule has 0 aromatic heterocycles. The molecule has 0 bridgehead atoms. The number of esters is 1. The smallest absolute Gasteiger partial charge is 0.306 e. The third-order valence-corrected chi connectivity index (χ3v) is 2.03. The molecule has 0 aromatic rings. The Morgan fingerprint density at radius 1 is 1.21 bits per heavy atom. The maximum absolute atomic E-state index is 11.1. The average Bonchev–Trinajstić information content (AvgIpc) is 2.02. The van der Waals surface area contributed by atoms with Crippen LogP contribution in [0.5, 0.6) is 0 Å². The molecule has 0 aliphatic heterocycles. The van der Waals surface area contributed by atoms with Crippen molar-refractivity contribution in [1.29, 1.82) is 0 Å². The largest absolute Gasteiger partial charge is 0.481 e. The van der Waals surface area contributed by atoms with Gasteiger partial charge in [-0.25, -0.2) is 0 Å². The molecule has 0 aromatic carbocycles. The van der Waals surface area contributed by atoms with Crippen LogP contribution in [0, 0.1) is 5.92 Å². The topological polar surface area (TPSA) is 63.6 Å². The number of hydrogen-bond donors (Lipinski definition) is 1. The van der Waals surface area contributed by atoms with Crippen LogP contribution < -0.4 is 0 Å². The first-order chi connectivity index (χ1) is 6.43. The fourth-order valence-corrected chi connectivity index (χ4v) is 0.786. The van der Waals surface area contributed by atoms with Crippen LogP contribution in [0.3, 0.4) is 0 Å². The number of ether oxygens (including phenoxy) is 1. The predicted molar refractivity (Wildman–Crippen MR) is 51.9 cm³/mol. The zero-order chi connectivity index (χ0) is 11.1. The van der Waals surface area contributed by atoms with Gasteiger partial charge in [0.05, 0.1) is 0 Å². The van der Waals surface area contributed by atoms with E-state index in [4.69, 9.17) is 9.84 Å². The maximum Gasteiger partial charge on any atom is 0.306 e. The lowest BCUT2D eigenvalue weighted by molar-refractivity contribution is -0.150. The van der Waals surface area contributed by atoms with Gasteiger partial charge in [0.25, 0.3) is 0 Å². The highest BCUT2D eigenvalue weighted by Gasteiger charge is 2.12. The van der Waals surface area contributed by atoms with E-state index in [-0.39, 0.29) is 24.9 Å². The zero-order valence-electron chi connectivity index (χ0n) is 8.95. The first-order valence-corrected chi connectivity index (χ1v) is 4.84. The molecule has 4 nitrogen and oxygen atoms in total. The van der Waals surface area contributed by atoms with Crippen LogP contribution in [-0.2, 0) is 14.3 Å². The SMILES string of the molecule is CC(C)C(C)OC(=O)CCCC(=O)O. The summed E-state index contributed by atoms with van der Waals surface area (Å²) >= 11 is 0. The van der Waals surface area contributed by atoms with Crippen LogP contribution in [0.2, 0.25) is 0 Å². The Hall–Kier alpha value is -1.06. The van der Waals surface area contributed by atoms with Crippen molar-refractivity contribution in [3.05, 3.63) is 0 Å². The molecule has 0 radical (unpaired) electrons. The zero-order valence-corrected chi connectivity index (χ0v) is 8.95. The molecule has 0 heterocycles. The number of aliphatic carboxylic acids is 1. The van der Waals surface area contributed by atoms with Crippen molar-refractivity contribution in [2.75, 3.05) is 0 Å². The third kappa shape index (κ3) is 6.46. The minimum absolute atomic E-state index is 0.0190. The molecule has 0 fully saturated rings. The first kappa shape index (κ1) is 12.9. The lowest BCUT2D eigenvalue weighted by atomic mass is 10.1. The summed E-state index contributed by atoms with van der Waals surface area (Å²) < 4.78 is 5.06. The highest BCUT2D eigenvalue weighted by Crippen LogP contribution is 2.07. The minimum Gasteiger partial charge on any atom is -0.481 e. The van der Waals surface area contributed by atoms with Crippen molar-refractivity contribution >= 4 is 11.9 Å². The highest BCUT2D eigenvalue weighted by atomic mass is 16.5. The van der Waals surface area contributed by atoms with Crippen LogP contribution in [0.1, 0.15) is 40.0 Å². The Balaban J connectivity index is 3.60. The molecule has 1 unspecified atom stereocenters. The van der Waals surface area contributed by atoms with E-state index in [1.807, 2.05) is 20.8 Å². The molecule has 0 amide bonds. The molecule has 0 saturated carbocycles. The van der Waals surface area contributed by atoms with E-state index in [9.17, 15) is 9.59 Å². The summed E-state index contributed by atoms with van der Waals surface area (Å²) in [4.78, 5) is 21.3. The highest BCUT2D eigenvalue weighted by molar-refractivity contribution is 5.71. The molecule has 4 heteroatoms. The van der Waals surface area contributed by atoms with Crippen LogP contribution >= 0.6 is 0 Å². The lowest BCUT2D eigenvalue weighted by Gasteiger charge is -2.16. The van der Waals surface area contributed by atoms with E-state index >= 15 is 0 Å². The molecule has 1 N–H and O–H groups in total. The quantitative estimate of drug-likeness (QED) is 0.667. The number of rotatable bonds is 6. The van der Waals surface area contributed by atoms with Crippen molar-refractivity contribution in [2.24, 2.45) is 5.92 Å². The van der Waals surface area contributed by atoms with Gasteiger partial charge in [0.15, 0.2) is 0 Å². The first-order valence-electron chi connectivity index (χ1n) is 4.84. The van der Waals surface area contributed by atoms with E-state index < -0.39 is 5.97 Å². The van der Waals surface area contributed by atoms with Crippen LogP contribution in [0.15, 0.2) is 0 Å². The van der Waals surface area contributed by atoms with Crippen molar-refractivity contribution in [1.82, 2.24) is 0 Å². The van der Waals surface area contributed by atoms with E-state index in [1.54, 1.807) is 0 Å². The number of carboxylic acids is 1. The fraction of sp³-hybridized carbons (Fsp3) is 0.800. The molecule has 14 heavy (non-hydrogen) atoms. The molecular formula is C10H18O4. The van der Waals surface area contributed by atoms with Gasteiger partial charge in [-0.15, -0.1) is 0 Å². The number of carbonyl (C=O) groups excluding carboxylic acids is 1. The molecule has 0 rings (SSSR count). The molecule has 0 spiro atoms. The van der Waals surface area contributed by atoms with E-state index in [0.717, 1.165) is 0 Å². The van der Waals surface area contributed by atoms with E-state index in [2.05, 4.69) is 0 Å². The van der Waals surface area contributed by atoms with Gasteiger partial charge in [0.1, 0.15) is 6.10 Å². The second kappa shape index (κ2) is 6.40. The summed E-state index contributed by atoms with van der Waals surface area (Å²) in [7, 11) is 0. The standard InChI is InChI=1S/C10H18O4/c1-7(2)8(3)14-10(13)6-4-5-9(11)12/h7-8H,4-6H2,1-3H3,(H,11,12). The maximum atomic E-state index is 11.1. The van der Waals surface area contributed by atoms with Crippen LogP contribution in [-0.4, -0.2) is 23.1 Å². The van der Waals surface area contributed by atoms with Crippen LogP contribution in [0.4, 0.5) is 0 Å². The molecule has 0 aliphatic rings. The second-order valence-electron chi connectivity index (χ2n) is 3.69. The molecule has 1 atom stereocenters. The van der Waals surface area contributed by atoms with E-state index in [0.29, 0.717) is 12.3 Å². The number of carbonyl (C=O) groups is 2. The summed E-state index contributed by atoms with van der Waals surface area (Å²) in [6.07, 6.45) is 0.445. The second-order valence-corrected chi connectivity index (χ2v) is 3.69. The van der Waals surface area contributed by atoms with Gasteiger partial charge in [0, 0.05) is 12.8 Å². The van der Waals surface area contributed by atoms with Crippen molar-refractivity contribution in [2.45, 2.75) is 46.1 Å². The Morgan fingerprint density at radius 3 is 2.21 bits per heavy atom. The fourth-order valence-electron chi connectivity index (χ4n) is 0.786. The average molecular weight is 202 g/mol. The van der Waals surface area contributed by atoms with Gasteiger partial charge in [-0.2, -0.15) is 0 Å². The van der Waals surface area contributed by atoms with Crippen molar-refractivity contribution in [3.8, 4) is 0 Å². The Kier molecular flexibility index (Phi) is 5.92. The van der Waals surface area contributed by atoms with Gasteiger partial charge in [-0.1, -0.05) is 13.8 Å². The van der Waals surface area contributed by atoms with Gasteiger partial charge in [-0.05, 0) is 19.3 Å². The van der Waals surface area contributed by atoms with Crippen molar-refractivity contribution < 1.29 is 19.4 Å². The van der Waals surface area contributed by atoms with Gasteiger partial charge in [0.2, 0.25) is 0 Å². The molecule has 0 aliphatic carbocycles. The normalized spacial score (nSPS) is 12.6. The molecular weight excluding hydrogens is 184 g/mol. The predicted octanol–water partition coefficient (Wildman–Crippen LogP) is 1.83. The monoisotopic (exact) mass is 202 g/mol. The summed E-state index contributed by atoms with van der Waals surface area (Å²) in [5.74, 6) is -0.902. The molecule has 82 valence electrons. The Bertz CT molecular complexity index is 198. The van der Waals surface area contributed by atoms with E-state index in [1.165, 1.54) is 0 Å². The van der Waals surface area contributed by atoms with Gasteiger partial charge < -0.3 is 9.84 Å². The lowest BCUT2D eigenvalue weighted by Crippen LogP contribution is -2.20. The van der Waals surface area contributed by atoms with Gasteiger partial charge >= 0.3 is 11.9 Å². The van der Waals surface area contributed by atoms with Crippen molar-refractivity contribution in [3.63, 3.8) is 0 Å². The summed E-state index contributed by atoms with van der Waals surface area (Å²) in [5, 5.41) is 8.34. The minimum atomic E-state index is -0.880. The molecule has 0 saturated heterocycles.